The minimum absolute atomic E-state index is 0.113. The van der Waals surface area contributed by atoms with E-state index in [1.165, 1.54) is 12.8 Å². The Balaban J connectivity index is 1.80. The highest BCUT2D eigenvalue weighted by molar-refractivity contribution is 4.88. The van der Waals surface area contributed by atoms with Crippen LogP contribution in [-0.2, 0) is 11.2 Å². The van der Waals surface area contributed by atoms with E-state index in [4.69, 9.17) is 9.15 Å². The first-order valence-corrected chi connectivity index (χ1v) is 6.40. The third-order valence-corrected chi connectivity index (χ3v) is 3.24. The second-order valence-electron chi connectivity index (χ2n) is 4.57. The van der Waals surface area contributed by atoms with Gasteiger partial charge in [0.15, 0.2) is 0 Å². The Hall–Kier alpha value is -0.940. The molecule has 2 unspecified atom stereocenters. The zero-order valence-electron chi connectivity index (χ0n) is 10.6. The van der Waals surface area contributed by atoms with Crippen molar-refractivity contribution in [3.63, 3.8) is 0 Å². The molecule has 0 aliphatic carbocycles. The molecule has 0 aromatic carbocycles. The summed E-state index contributed by atoms with van der Waals surface area (Å²) in [6.07, 6.45) is 5.80. The number of hydrogen-bond donors (Lipinski definition) is 1. The molecular weight excluding hydrogens is 218 g/mol. The molecule has 2 heterocycles. The molecule has 0 radical (unpaired) electrons. The molecule has 1 aromatic rings. The van der Waals surface area contributed by atoms with Gasteiger partial charge >= 0.3 is 0 Å². The van der Waals surface area contributed by atoms with Gasteiger partial charge in [-0.25, -0.2) is 0 Å². The predicted molar refractivity (Wildman–Crippen MR) is 63.7 cm³/mol. The van der Waals surface area contributed by atoms with E-state index in [1.807, 2.05) is 14.0 Å². The Morgan fingerprint density at radius 3 is 3.00 bits per heavy atom. The molecule has 96 valence electrons. The molecule has 5 heteroatoms. The van der Waals surface area contributed by atoms with Crippen LogP contribution in [0.1, 0.15) is 50.4 Å². The topological polar surface area (TPSA) is 60.2 Å². The molecule has 2 atom stereocenters. The summed E-state index contributed by atoms with van der Waals surface area (Å²) < 4.78 is 11.3. The number of ether oxygens (including phenoxy) is 1. The molecular formula is C12H21N3O2. The first-order valence-electron chi connectivity index (χ1n) is 6.40. The summed E-state index contributed by atoms with van der Waals surface area (Å²) in [6, 6.07) is 0.113. The number of nitrogens with zero attached hydrogens (tertiary/aromatic N) is 2. The van der Waals surface area contributed by atoms with Crippen LogP contribution in [0.5, 0.6) is 0 Å². The molecule has 0 amide bonds. The largest absolute Gasteiger partial charge is 0.424 e. The summed E-state index contributed by atoms with van der Waals surface area (Å²) in [7, 11) is 1.88. The Bertz CT molecular complexity index is 334. The lowest BCUT2D eigenvalue weighted by molar-refractivity contribution is 0.0105. The van der Waals surface area contributed by atoms with Gasteiger partial charge in [-0.3, -0.25) is 0 Å². The summed E-state index contributed by atoms with van der Waals surface area (Å²) in [4.78, 5) is 0. The smallest absolute Gasteiger partial charge is 0.233 e. The zero-order chi connectivity index (χ0) is 12.1. The van der Waals surface area contributed by atoms with Gasteiger partial charge in [0, 0.05) is 13.0 Å². The Labute approximate surface area is 102 Å². The van der Waals surface area contributed by atoms with Gasteiger partial charge in [0.05, 0.1) is 12.1 Å². The van der Waals surface area contributed by atoms with Crippen LogP contribution < -0.4 is 5.32 Å². The fraction of sp³-hybridized carbons (Fsp3) is 0.833. The molecule has 2 rings (SSSR count). The van der Waals surface area contributed by atoms with Crippen molar-refractivity contribution in [2.24, 2.45) is 0 Å². The lowest BCUT2D eigenvalue weighted by atomic mass is 10.0. The minimum atomic E-state index is 0.113. The van der Waals surface area contributed by atoms with Crippen LogP contribution in [0.2, 0.25) is 0 Å². The Kier molecular flexibility index (Phi) is 4.50. The second kappa shape index (κ2) is 6.12. The van der Waals surface area contributed by atoms with Crippen molar-refractivity contribution in [3.8, 4) is 0 Å². The summed E-state index contributed by atoms with van der Waals surface area (Å²) in [5.74, 6) is 1.38. The van der Waals surface area contributed by atoms with E-state index in [0.29, 0.717) is 12.0 Å². The van der Waals surface area contributed by atoms with Crippen molar-refractivity contribution in [2.45, 2.75) is 51.2 Å². The molecule has 1 aliphatic heterocycles. The third-order valence-electron chi connectivity index (χ3n) is 3.24. The van der Waals surface area contributed by atoms with Gasteiger partial charge in [0.2, 0.25) is 11.8 Å². The molecule has 5 nitrogen and oxygen atoms in total. The van der Waals surface area contributed by atoms with E-state index in [0.717, 1.165) is 31.8 Å². The average Bonchev–Trinajstić information content (AvgIpc) is 2.85. The van der Waals surface area contributed by atoms with Crippen molar-refractivity contribution in [2.75, 3.05) is 13.7 Å². The predicted octanol–water partition coefficient (Wildman–Crippen LogP) is 1.85. The van der Waals surface area contributed by atoms with E-state index in [1.54, 1.807) is 0 Å². The van der Waals surface area contributed by atoms with E-state index in [9.17, 15) is 0 Å². The Morgan fingerprint density at radius 2 is 2.29 bits per heavy atom. The molecule has 1 fully saturated rings. The maximum Gasteiger partial charge on any atom is 0.233 e. The van der Waals surface area contributed by atoms with E-state index >= 15 is 0 Å². The summed E-state index contributed by atoms with van der Waals surface area (Å²) >= 11 is 0. The number of aromatic nitrogens is 2. The van der Waals surface area contributed by atoms with Crippen molar-refractivity contribution >= 4 is 0 Å². The average molecular weight is 239 g/mol. The lowest BCUT2D eigenvalue weighted by Gasteiger charge is -2.21. The highest BCUT2D eigenvalue weighted by Crippen LogP contribution is 2.18. The first kappa shape index (κ1) is 12.5. The number of aryl methyl sites for hydroxylation is 1. The Morgan fingerprint density at radius 1 is 1.41 bits per heavy atom. The van der Waals surface area contributed by atoms with Gasteiger partial charge in [-0.15, -0.1) is 10.2 Å². The van der Waals surface area contributed by atoms with Gasteiger partial charge in [-0.1, -0.05) is 0 Å². The summed E-state index contributed by atoms with van der Waals surface area (Å²) in [6.45, 7) is 2.90. The molecule has 1 saturated heterocycles. The lowest BCUT2D eigenvalue weighted by Crippen LogP contribution is -2.19. The van der Waals surface area contributed by atoms with Gasteiger partial charge in [-0.05, 0) is 39.7 Å². The number of rotatable bonds is 5. The molecule has 1 aromatic heterocycles. The van der Waals surface area contributed by atoms with Crippen LogP contribution in [0.3, 0.4) is 0 Å². The van der Waals surface area contributed by atoms with E-state index < -0.39 is 0 Å². The maximum atomic E-state index is 5.67. The van der Waals surface area contributed by atoms with Crippen molar-refractivity contribution in [1.29, 1.82) is 0 Å². The fourth-order valence-electron chi connectivity index (χ4n) is 1.99. The molecule has 1 N–H and O–H groups in total. The normalized spacial score (nSPS) is 22.6. The second-order valence-corrected chi connectivity index (χ2v) is 4.57. The van der Waals surface area contributed by atoms with Gasteiger partial charge in [0.25, 0.3) is 0 Å². The fourth-order valence-corrected chi connectivity index (χ4v) is 1.99. The van der Waals surface area contributed by atoms with Gasteiger partial charge in [-0.2, -0.15) is 0 Å². The number of nitrogens with one attached hydrogen (secondary N) is 1. The van der Waals surface area contributed by atoms with Gasteiger partial charge in [0.1, 0.15) is 0 Å². The molecule has 17 heavy (non-hydrogen) atoms. The highest BCUT2D eigenvalue weighted by atomic mass is 16.5. The van der Waals surface area contributed by atoms with Crippen LogP contribution in [0, 0.1) is 0 Å². The quantitative estimate of drug-likeness (QED) is 0.849. The van der Waals surface area contributed by atoms with Crippen molar-refractivity contribution in [3.05, 3.63) is 11.8 Å². The zero-order valence-corrected chi connectivity index (χ0v) is 10.6. The van der Waals surface area contributed by atoms with Crippen molar-refractivity contribution < 1.29 is 9.15 Å². The maximum absolute atomic E-state index is 5.67. The first-order chi connectivity index (χ1) is 8.29. The van der Waals surface area contributed by atoms with Crippen LogP contribution in [0.25, 0.3) is 0 Å². The highest BCUT2D eigenvalue weighted by Gasteiger charge is 2.16. The number of hydrogen-bond acceptors (Lipinski definition) is 5. The van der Waals surface area contributed by atoms with Crippen LogP contribution in [0.15, 0.2) is 4.42 Å². The van der Waals surface area contributed by atoms with E-state index in [-0.39, 0.29) is 6.04 Å². The summed E-state index contributed by atoms with van der Waals surface area (Å²) in [5, 5.41) is 11.2. The van der Waals surface area contributed by atoms with Crippen LogP contribution >= 0.6 is 0 Å². The minimum Gasteiger partial charge on any atom is -0.424 e. The van der Waals surface area contributed by atoms with Crippen LogP contribution in [-0.4, -0.2) is 30.0 Å². The molecule has 1 aliphatic rings. The SMILES string of the molecule is CNC(C)c1nnc(CCC2CCCCO2)o1. The molecule has 0 saturated carbocycles. The van der Waals surface area contributed by atoms with Gasteiger partial charge < -0.3 is 14.5 Å². The third kappa shape index (κ3) is 3.51. The monoisotopic (exact) mass is 239 g/mol. The standard InChI is InChI=1S/C12H21N3O2/c1-9(13-2)12-15-14-11(17-12)7-6-10-5-3-4-8-16-10/h9-10,13H,3-8H2,1-2H3. The molecule has 0 bridgehead atoms. The van der Waals surface area contributed by atoms with Crippen molar-refractivity contribution in [1.82, 2.24) is 15.5 Å². The summed E-state index contributed by atoms with van der Waals surface area (Å²) in [5.41, 5.74) is 0. The van der Waals surface area contributed by atoms with E-state index in [2.05, 4.69) is 15.5 Å². The van der Waals surface area contributed by atoms with Crippen LogP contribution in [0.4, 0.5) is 0 Å². The molecule has 0 spiro atoms.